The van der Waals surface area contributed by atoms with E-state index in [2.05, 4.69) is 157 Å². The van der Waals surface area contributed by atoms with Crippen LogP contribution in [0.3, 0.4) is 0 Å². The van der Waals surface area contributed by atoms with Gasteiger partial charge in [0, 0.05) is 45.8 Å². The van der Waals surface area contributed by atoms with E-state index in [4.69, 9.17) is 14.8 Å². The molecule has 52 heavy (non-hydrogen) atoms. The summed E-state index contributed by atoms with van der Waals surface area (Å²) in [6.07, 6.45) is 1.87. The number of pyridine rings is 1. The Balaban J connectivity index is 1.20. The first kappa shape index (κ1) is 31.3. The van der Waals surface area contributed by atoms with Crippen LogP contribution in [-0.4, -0.2) is 19.3 Å². The maximum Gasteiger partial charge on any atom is 0.137 e. The molecule has 0 saturated heterocycles. The highest BCUT2D eigenvalue weighted by Crippen LogP contribution is 2.44. The first-order valence-electron chi connectivity index (χ1n) is 17.6. The van der Waals surface area contributed by atoms with E-state index in [1.54, 1.807) is 0 Å². The molecule has 9 rings (SSSR count). The minimum absolute atomic E-state index is 0.720. The van der Waals surface area contributed by atoms with Crippen LogP contribution in [0.25, 0.3) is 67.0 Å². The van der Waals surface area contributed by atoms with E-state index in [1.165, 1.54) is 22.1 Å². The summed E-state index contributed by atoms with van der Waals surface area (Å²) in [5.74, 6) is 2.34. The van der Waals surface area contributed by atoms with Crippen molar-refractivity contribution >= 4 is 21.8 Å². The molecule has 0 aliphatic carbocycles. The molecule has 0 radical (unpaired) electrons. The lowest BCUT2D eigenvalue weighted by atomic mass is 9.90. The van der Waals surface area contributed by atoms with Crippen LogP contribution >= 0.6 is 0 Å². The van der Waals surface area contributed by atoms with Gasteiger partial charge in [-0.3, -0.25) is 4.57 Å². The number of aromatic nitrogens is 4. The number of nitrogens with zero attached hydrogens (tertiary/aromatic N) is 4. The number of benzene rings is 6. The summed E-state index contributed by atoms with van der Waals surface area (Å²) < 4.78 is 11.0. The lowest BCUT2D eigenvalue weighted by molar-refractivity contribution is 0.483. The second-order valence-electron chi connectivity index (χ2n) is 13.3. The van der Waals surface area contributed by atoms with E-state index in [0.29, 0.717) is 0 Å². The number of para-hydroxylation sites is 1. The van der Waals surface area contributed by atoms with Gasteiger partial charge in [0.15, 0.2) is 0 Å². The van der Waals surface area contributed by atoms with Crippen LogP contribution in [0.15, 0.2) is 164 Å². The summed E-state index contributed by atoms with van der Waals surface area (Å²) in [5, 5.41) is 7.73. The third kappa shape index (κ3) is 5.44. The lowest BCUT2D eigenvalue weighted by Gasteiger charge is -2.15. The normalized spacial score (nSPS) is 11.4. The van der Waals surface area contributed by atoms with Gasteiger partial charge >= 0.3 is 0 Å². The van der Waals surface area contributed by atoms with E-state index in [9.17, 15) is 0 Å². The van der Waals surface area contributed by atoms with Crippen LogP contribution in [-0.2, 0) is 0 Å². The summed E-state index contributed by atoms with van der Waals surface area (Å²) in [5.41, 5.74) is 13.1. The van der Waals surface area contributed by atoms with Gasteiger partial charge in [0.25, 0.3) is 0 Å². The van der Waals surface area contributed by atoms with Gasteiger partial charge in [-0.2, -0.15) is 5.10 Å². The van der Waals surface area contributed by atoms with Crippen LogP contribution in [0.4, 0.5) is 0 Å². The quantitative estimate of drug-likeness (QED) is 0.169. The minimum Gasteiger partial charge on any atom is -0.457 e. The third-order valence-electron chi connectivity index (χ3n) is 9.78. The molecular weight excluding hydrogens is 637 g/mol. The highest BCUT2D eigenvalue weighted by molar-refractivity contribution is 6.09. The Labute approximate surface area is 303 Å². The second-order valence-corrected chi connectivity index (χ2v) is 13.3. The maximum atomic E-state index is 6.67. The number of ether oxygens (including phenoxy) is 1. The topological polar surface area (TPSA) is 44.9 Å². The summed E-state index contributed by atoms with van der Waals surface area (Å²) in [4.78, 5) is 4.75. The summed E-state index contributed by atoms with van der Waals surface area (Å²) in [7, 11) is 0. The van der Waals surface area contributed by atoms with Crippen molar-refractivity contribution in [1.29, 1.82) is 0 Å². The Bertz CT molecular complexity index is 2720. The van der Waals surface area contributed by atoms with Crippen molar-refractivity contribution in [2.45, 2.75) is 20.8 Å². The molecule has 0 amide bonds. The molecule has 0 unspecified atom stereocenters. The molecule has 250 valence electrons. The Morgan fingerprint density at radius 3 is 1.96 bits per heavy atom. The average Bonchev–Trinajstić information content (AvgIpc) is 3.72. The largest absolute Gasteiger partial charge is 0.457 e. The van der Waals surface area contributed by atoms with Gasteiger partial charge in [0.1, 0.15) is 23.0 Å². The first-order valence-corrected chi connectivity index (χ1v) is 17.6. The molecular formula is C47H36N4O. The lowest BCUT2D eigenvalue weighted by Crippen LogP contribution is -2.00. The maximum absolute atomic E-state index is 6.67. The van der Waals surface area contributed by atoms with E-state index >= 15 is 0 Å². The second kappa shape index (κ2) is 12.9. The van der Waals surface area contributed by atoms with Crippen molar-refractivity contribution in [2.24, 2.45) is 0 Å². The molecule has 0 saturated carbocycles. The highest BCUT2D eigenvalue weighted by atomic mass is 16.5. The summed E-state index contributed by atoms with van der Waals surface area (Å²) >= 11 is 0. The number of hydrogen-bond acceptors (Lipinski definition) is 3. The van der Waals surface area contributed by atoms with Gasteiger partial charge in [-0.1, -0.05) is 103 Å². The Morgan fingerprint density at radius 2 is 1.19 bits per heavy atom. The number of fused-ring (bicyclic) bond motifs is 3. The molecule has 3 heterocycles. The molecule has 5 heteroatoms. The van der Waals surface area contributed by atoms with Crippen molar-refractivity contribution in [2.75, 3.05) is 0 Å². The zero-order valence-electron chi connectivity index (χ0n) is 29.3. The van der Waals surface area contributed by atoms with Crippen molar-refractivity contribution in [3.8, 4) is 56.6 Å². The van der Waals surface area contributed by atoms with Crippen LogP contribution in [0.1, 0.15) is 16.7 Å². The predicted molar refractivity (Wildman–Crippen MR) is 213 cm³/mol. The van der Waals surface area contributed by atoms with E-state index in [0.717, 1.165) is 73.1 Å². The molecule has 0 aliphatic heterocycles. The third-order valence-corrected chi connectivity index (χ3v) is 9.78. The summed E-state index contributed by atoms with van der Waals surface area (Å²) in [6.45, 7) is 6.46. The van der Waals surface area contributed by atoms with Gasteiger partial charge in [-0.25, -0.2) is 9.67 Å². The molecule has 0 spiro atoms. The van der Waals surface area contributed by atoms with Gasteiger partial charge in [-0.05, 0) is 85.5 Å². The molecule has 9 aromatic rings. The fourth-order valence-corrected chi connectivity index (χ4v) is 7.43. The Kier molecular flexibility index (Phi) is 7.74. The Hall–Kier alpha value is -6.72. The SMILES string of the molecule is Cc1ccnc(-n2c3ccccc3c3ccc(Oc4cccc(-n5nc(-c6ccccc6)c(-c6c(C)cccc6C)c5-c5ccccc5)c4)cc32)c1. The van der Waals surface area contributed by atoms with Crippen molar-refractivity contribution in [1.82, 2.24) is 19.3 Å². The smallest absolute Gasteiger partial charge is 0.137 e. The van der Waals surface area contributed by atoms with Crippen molar-refractivity contribution in [3.63, 3.8) is 0 Å². The summed E-state index contributed by atoms with van der Waals surface area (Å²) in [6, 6.07) is 54.6. The standard InChI is InChI=1S/C47H36N4O/c1-31-26-27-48-43(28-31)50-41-23-11-10-22-39(41)40-25-24-38(30-42(40)50)52-37-21-13-20-36(29-37)51-47(35-18-8-5-9-19-35)45(44-32(2)14-12-15-33(44)3)46(49-51)34-16-6-4-7-17-34/h4-30H,1-3H3. The van der Waals surface area contributed by atoms with Crippen LogP contribution in [0.5, 0.6) is 11.5 Å². The zero-order chi connectivity index (χ0) is 35.2. The molecule has 5 nitrogen and oxygen atoms in total. The van der Waals surface area contributed by atoms with Crippen LogP contribution in [0, 0.1) is 20.8 Å². The van der Waals surface area contributed by atoms with Gasteiger partial charge in [0.05, 0.1) is 22.4 Å². The monoisotopic (exact) mass is 672 g/mol. The first-order chi connectivity index (χ1) is 25.5. The number of rotatable bonds is 7. The zero-order valence-corrected chi connectivity index (χ0v) is 29.3. The van der Waals surface area contributed by atoms with E-state index in [1.807, 2.05) is 36.5 Å². The molecule has 6 aromatic carbocycles. The molecule has 3 aromatic heterocycles. The molecule has 0 atom stereocenters. The van der Waals surface area contributed by atoms with E-state index in [-0.39, 0.29) is 0 Å². The highest BCUT2D eigenvalue weighted by Gasteiger charge is 2.25. The number of hydrogen-bond donors (Lipinski definition) is 0. The van der Waals surface area contributed by atoms with Gasteiger partial charge in [-0.15, -0.1) is 0 Å². The fourth-order valence-electron chi connectivity index (χ4n) is 7.43. The Morgan fingerprint density at radius 1 is 0.519 bits per heavy atom. The van der Waals surface area contributed by atoms with Crippen LogP contribution < -0.4 is 4.74 Å². The molecule has 0 bridgehead atoms. The average molecular weight is 673 g/mol. The fraction of sp³-hybridized carbons (Fsp3) is 0.0638. The molecule has 0 N–H and O–H groups in total. The predicted octanol–water partition coefficient (Wildman–Crippen LogP) is 12.1. The van der Waals surface area contributed by atoms with Gasteiger partial charge < -0.3 is 4.74 Å². The molecule has 0 fully saturated rings. The van der Waals surface area contributed by atoms with E-state index < -0.39 is 0 Å². The van der Waals surface area contributed by atoms with Crippen molar-refractivity contribution < 1.29 is 4.74 Å². The van der Waals surface area contributed by atoms with Crippen molar-refractivity contribution in [3.05, 3.63) is 181 Å². The number of aryl methyl sites for hydroxylation is 3. The molecule has 0 aliphatic rings. The minimum atomic E-state index is 0.720. The van der Waals surface area contributed by atoms with Crippen LogP contribution in [0.2, 0.25) is 0 Å². The van der Waals surface area contributed by atoms with Gasteiger partial charge in [0.2, 0.25) is 0 Å².